The van der Waals surface area contributed by atoms with Gasteiger partial charge >= 0.3 is 6.03 Å². The molecule has 2 aromatic carbocycles. The normalized spacial score (nSPS) is 11.6. The second-order valence-electron chi connectivity index (χ2n) is 9.87. The molecule has 0 saturated heterocycles. The Morgan fingerprint density at radius 3 is 2.46 bits per heavy atom. The zero-order valence-corrected chi connectivity index (χ0v) is 21.3. The van der Waals surface area contributed by atoms with Crippen LogP contribution in [0.5, 0.6) is 17.4 Å². The van der Waals surface area contributed by atoms with Crippen LogP contribution < -0.4 is 20.1 Å². The summed E-state index contributed by atoms with van der Waals surface area (Å²) in [6.07, 6.45) is 2.37. The molecular weight excluding hydrogens is 442 g/mol. The fraction of sp³-hybridized carbons (Fsp3) is 0.357. The van der Waals surface area contributed by atoms with Crippen LogP contribution in [0.2, 0.25) is 0 Å². The molecule has 0 aliphatic carbocycles. The van der Waals surface area contributed by atoms with Crippen molar-refractivity contribution in [3.63, 3.8) is 0 Å². The first-order chi connectivity index (χ1) is 16.6. The maximum Gasteiger partial charge on any atom is 0.323 e. The van der Waals surface area contributed by atoms with Gasteiger partial charge in [0.15, 0.2) is 0 Å². The van der Waals surface area contributed by atoms with E-state index in [0.29, 0.717) is 35.4 Å². The van der Waals surface area contributed by atoms with Gasteiger partial charge in [-0.3, -0.25) is 0 Å². The van der Waals surface area contributed by atoms with Crippen molar-refractivity contribution in [3.05, 3.63) is 72.4 Å². The van der Waals surface area contributed by atoms with Gasteiger partial charge in [-0.05, 0) is 49.6 Å². The first-order valence-corrected chi connectivity index (χ1v) is 11.7. The lowest BCUT2D eigenvalue weighted by Crippen LogP contribution is -2.25. The van der Waals surface area contributed by atoms with Crippen LogP contribution in [0.1, 0.15) is 46.6 Å². The number of benzene rings is 2. The number of anilines is 2. The smallest absolute Gasteiger partial charge is 0.323 e. The van der Waals surface area contributed by atoms with E-state index in [1.807, 2.05) is 50.2 Å². The minimum absolute atomic E-state index is 0.108. The molecule has 7 heteroatoms. The van der Waals surface area contributed by atoms with E-state index in [0.717, 1.165) is 12.0 Å². The molecule has 1 heterocycles. The van der Waals surface area contributed by atoms with Crippen molar-refractivity contribution in [2.45, 2.75) is 52.1 Å². The summed E-state index contributed by atoms with van der Waals surface area (Å²) in [7, 11) is 1.69. The summed E-state index contributed by atoms with van der Waals surface area (Å²) in [5.74, 6) is 1.68. The second kappa shape index (κ2) is 11.2. The van der Waals surface area contributed by atoms with Crippen LogP contribution >= 0.6 is 0 Å². The molecular formula is C28H35N3O4. The Morgan fingerprint density at radius 2 is 1.71 bits per heavy atom. The van der Waals surface area contributed by atoms with Crippen LogP contribution in [-0.4, -0.2) is 30.3 Å². The number of urea groups is 1. The lowest BCUT2D eigenvalue weighted by Gasteiger charge is -2.23. The van der Waals surface area contributed by atoms with Gasteiger partial charge in [0, 0.05) is 37.0 Å². The average Bonchev–Trinajstić information content (AvgIpc) is 2.80. The maximum atomic E-state index is 12.7. The Morgan fingerprint density at radius 1 is 0.943 bits per heavy atom. The van der Waals surface area contributed by atoms with Crippen LogP contribution in [0, 0.1) is 0 Å². The SMILES string of the molecule is COC(C)(C)CCOc1cccc(NC(=O)Nc2cccnc2Oc2ccccc2C(C)(C)C)c1. The number of carbonyl (C=O) groups is 1. The highest BCUT2D eigenvalue weighted by Crippen LogP contribution is 2.35. The summed E-state index contributed by atoms with van der Waals surface area (Å²) < 4.78 is 17.4. The zero-order valence-electron chi connectivity index (χ0n) is 21.3. The molecule has 0 saturated carbocycles. The Kier molecular flexibility index (Phi) is 8.35. The molecule has 0 spiro atoms. The number of hydrogen-bond donors (Lipinski definition) is 2. The number of para-hydroxylation sites is 1. The Labute approximate surface area is 207 Å². The average molecular weight is 478 g/mol. The van der Waals surface area contributed by atoms with Crippen molar-refractivity contribution >= 4 is 17.4 Å². The monoisotopic (exact) mass is 477 g/mol. The van der Waals surface area contributed by atoms with E-state index in [2.05, 4.69) is 36.4 Å². The molecule has 0 bridgehead atoms. The summed E-state index contributed by atoms with van der Waals surface area (Å²) >= 11 is 0. The molecule has 0 aliphatic rings. The van der Waals surface area contributed by atoms with Crippen LogP contribution in [0.15, 0.2) is 66.9 Å². The van der Waals surface area contributed by atoms with Gasteiger partial charge in [0.25, 0.3) is 0 Å². The van der Waals surface area contributed by atoms with Gasteiger partial charge in [0.1, 0.15) is 17.2 Å². The van der Waals surface area contributed by atoms with Crippen LogP contribution in [-0.2, 0) is 10.2 Å². The predicted molar refractivity (Wildman–Crippen MR) is 140 cm³/mol. The molecule has 3 aromatic rings. The van der Waals surface area contributed by atoms with Crippen molar-refractivity contribution in [2.75, 3.05) is 24.4 Å². The molecule has 2 amide bonds. The van der Waals surface area contributed by atoms with Gasteiger partial charge in [0.2, 0.25) is 5.88 Å². The van der Waals surface area contributed by atoms with E-state index >= 15 is 0 Å². The molecule has 1 aromatic heterocycles. The zero-order chi connectivity index (χ0) is 25.5. The number of rotatable bonds is 9. The highest BCUT2D eigenvalue weighted by molar-refractivity contribution is 6.00. The first-order valence-electron chi connectivity index (χ1n) is 11.7. The number of ether oxygens (including phenoxy) is 3. The molecule has 0 atom stereocenters. The lowest BCUT2D eigenvalue weighted by molar-refractivity contribution is 0.00546. The number of amides is 2. The molecule has 0 unspecified atom stereocenters. The fourth-order valence-corrected chi connectivity index (χ4v) is 3.31. The first kappa shape index (κ1) is 26.0. The summed E-state index contributed by atoms with van der Waals surface area (Å²) in [4.78, 5) is 17.1. The lowest BCUT2D eigenvalue weighted by atomic mass is 9.86. The van der Waals surface area contributed by atoms with Gasteiger partial charge in [-0.2, -0.15) is 0 Å². The summed E-state index contributed by atoms with van der Waals surface area (Å²) in [5.41, 5.74) is 1.75. The fourth-order valence-electron chi connectivity index (χ4n) is 3.31. The van der Waals surface area contributed by atoms with Gasteiger partial charge in [-0.15, -0.1) is 0 Å². The molecule has 35 heavy (non-hydrogen) atoms. The highest BCUT2D eigenvalue weighted by Gasteiger charge is 2.20. The summed E-state index contributed by atoms with van der Waals surface area (Å²) in [5, 5.41) is 5.67. The van der Waals surface area contributed by atoms with Crippen molar-refractivity contribution in [1.29, 1.82) is 0 Å². The van der Waals surface area contributed by atoms with Crippen LogP contribution in [0.4, 0.5) is 16.2 Å². The van der Waals surface area contributed by atoms with Gasteiger partial charge in [-0.25, -0.2) is 9.78 Å². The number of methoxy groups -OCH3 is 1. The summed E-state index contributed by atoms with van der Waals surface area (Å²) in [6, 6.07) is 18.2. The molecule has 0 radical (unpaired) electrons. The number of nitrogens with zero attached hydrogens (tertiary/aromatic N) is 1. The minimum Gasteiger partial charge on any atom is -0.493 e. The third kappa shape index (κ3) is 7.72. The number of nitrogens with one attached hydrogen (secondary N) is 2. The van der Waals surface area contributed by atoms with Crippen LogP contribution in [0.25, 0.3) is 0 Å². The Bertz CT molecular complexity index is 1140. The topological polar surface area (TPSA) is 81.7 Å². The highest BCUT2D eigenvalue weighted by atomic mass is 16.5. The van der Waals surface area contributed by atoms with Crippen molar-refractivity contribution in [3.8, 4) is 17.4 Å². The van der Waals surface area contributed by atoms with E-state index in [4.69, 9.17) is 14.2 Å². The van der Waals surface area contributed by atoms with E-state index in [1.165, 1.54) is 0 Å². The summed E-state index contributed by atoms with van der Waals surface area (Å²) in [6.45, 7) is 10.9. The molecule has 186 valence electrons. The van der Waals surface area contributed by atoms with E-state index in [1.54, 1.807) is 37.6 Å². The molecule has 0 aliphatic heterocycles. The quantitative estimate of drug-likeness (QED) is 0.346. The van der Waals surface area contributed by atoms with E-state index in [9.17, 15) is 4.79 Å². The van der Waals surface area contributed by atoms with Gasteiger partial charge < -0.3 is 24.8 Å². The maximum absolute atomic E-state index is 12.7. The standard InChI is InChI=1S/C28H35N3O4/c1-27(2,3)22-13-7-8-15-24(22)35-25-23(14-10-17-29-25)31-26(32)30-20-11-9-12-21(19-20)34-18-16-28(4,5)33-6/h7-15,17,19H,16,18H2,1-6H3,(H2,30,31,32). The van der Waals surface area contributed by atoms with Gasteiger partial charge in [0.05, 0.1) is 12.2 Å². The number of hydrogen-bond acceptors (Lipinski definition) is 5. The van der Waals surface area contributed by atoms with E-state index < -0.39 is 6.03 Å². The van der Waals surface area contributed by atoms with E-state index in [-0.39, 0.29) is 11.0 Å². The van der Waals surface area contributed by atoms with Gasteiger partial charge in [-0.1, -0.05) is 45.0 Å². The third-order valence-electron chi connectivity index (χ3n) is 5.54. The molecule has 3 rings (SSSR count). The number of aromatic nitrogens is 1. The Hall–Kier alpha value is -3.58. The van der Waals surface area contributed by atoms with Crippen molar-refractivity contribution in [1.82, 2.24) is 4.98 Å². The molecule has 0 fully saturated rings. The Balaban J connectivity index is 1.66. The minimum atomic E-state index is -0.412. The molecule has 7 nitrogen and oxygen atoms in total. The van der Waals surface area contributed by atoms with Crippen LogP contribution in [0.3, 0.4) is 0 Å². The third-order valence-corrected chi connectivity index (χ3v) is 5.54. The largest absolute Gasteiger partial charge is 0.493 e. The number of pyridine rings is 1. The predicted octanol–water partition coefficient (Wildman–Crippen LogP) is 7.01. The van der Waals surface area contributed by atoms with Crippen molar-refractivity contribution in [2.24, 2.45) is 0 Å². The van der Waals surface area contributed by atoms with Crippen molar-refractivity contribution < 1.29 is 19.0 Å². The second-order valence-corrected chi connectivity index (χ2v) is 9.87. The number of carbonyl (C=O) groups excluding carboxylic acids is 1. The molecule has 2 N–H and O–H groups in total.